The Balaban J connectivity index is 4.01. The predicted octanol–water partition coefficient (Wildman–Crippen LogP) is 3.71. The zero-order valence-electron chi connectivity index (χ0n) is 10.4. The van der Waals surface area contributed by atoms with E-state index in [2.05, 4.69) is 63.0 Å². The molecule has 1 atom stereocenters. The van der Waals surface area contributed by atoms with E-state index in [1.54, 1.807) is 0 Å². The Morgan fingerprint density at radius 1 is 1.47 bits per heavy atom. The highest BCUT2D eigenvalue weighted by molar-refractivity contribution is 14.1. The van der Waals surface area contributed by atoms with E-state index in [-0.39, 0.29) is 5.04 Å². The second-order valence-electron chi connectivity index (χ2n) is 5.36. The highest BCUT2D eigenvalue weighted by atomic mass is 127. The Morgan fingerprint density at radius 3 is 2.27 bits per heavy atom. The van der Waals surface area contributed by atoms with E-state index in [1.165, 1.54) is 0 Å². The number of rotatable bonds is 5. The van der Waals surface area contributed by atoms with Crippen molar-refractivity contribution in [3.05, 3.63) is 10.2 Å². The lowest BCUT2D eigenvalue weighted by Gasteiger charge is -2.36. The normalized spacial score (nSPS) is 15.1. The van der Waals surface area contributed by atoms with Gasteiger partial charge in [0.15, 0.2) is 8.32 Å². The molecule has 0 aromatic heterocycles. The maximum atomic E-state index is 9.55. The number of hydrogen-bond acceptors (Lipinski definition) is 2. The molecule has 0 amide bonds. The third kappa shape index (κ3) is 5.47. The number of halogens is 1. The van der Waals surface area contributed by atoms with Gasteiger partial charge in [0.1, 0.15) is 0 Å². The number of aliphatic hydroxyl groups is 1. The molecule has 1 N–H and O–H groups in total. The van der Waals surface area contributed by atoms with Gasteiger partial charge in [-0.3, -0.25) is 0 Å². The fourth-order valence-corrected chi connectivity index (χ4v) is 2.17. The van der Waals surface area contributed by atoms with Crippen LogP contribution < -0.4 is 0 Å². The van der Waals surface area contributed by atoms with Gasteiger partial charge in [-0.15, -0.1) is 0 Å². The minimum absolute atomic E-state index is 0.235. The zero-order chi connectivity index (χ0) is 12.3. The molecular weight excluding hydrogens is 319 g/mol. The van der Waals surface area contributed by atoms with Crippen LogP contribution in [0.5, 0.6) is 0 Å². The lowest BCUT2D eigenvalue weighted by molar-refractivity contribution is 0.171. The molecule has 0 saturated heterocycles. The molecule has 0 aromatic rings. The molecule has 90 valence electrons. The van der Waals surface area contributed by atoms with Gasteiger partial charge in [0, 0.05) is 16.6 Å². The minimum Gasteiger partial charge on any atom is -0.417 e. The molecule has 1 unspecified atom stereocenters. The summed E-state index contributed by atoms with van der Waals surface area (Å²) in [4.78, 5) is 0. The topological polar surface area (TPSA) is 29.5 Å². The van der Waals surface area contributed by atoms with Crippen molar-refractivity contribution in [1.29, 1.82) is 0 Å². The third-order valence-corrected chi connectivity index (χ3v) is 8.28. The van der Waals surface area contributed by atoms with Crippen LogP contribution in [0.15, 0.2) is 10.2 Å². The summed E-state index contributed by atoms with van der Waals surface area (Å²) >= 11 is 2.06. The molecule has 0 bridgehead atoms. The van der Waals surface area contributed by atoms with Crippen molar-refractivity contribution in [2.45, 2.75) is 51.4 Å². The van der Waals surface area contributed by atoms with E-state index in [0.717, 1.165) is 3.58 Å². The smallest absolute Gasteiger partial charge is 0.191 e. The lowest BCUT2D eigenvalue weighted by atomic mass is 10.2. The summed E-state index contributed by atoms with van der Waals surface area (Å²) in [6, 6.07) is 0. The van der Waals surface area contributed by atoms with Gasteiger partial charge < -0.3 is 9.53 Å². The van der Waals surface area contributed by atoms with E-state index in [1.807, 2.05) is 0 Å². The highest BCUT2D eigenvalue weighted by Gasteiger charge is 2.36. The first-order chi connectivity index (χ1) is 6.58. The van der Waals surface area contributed by atoms with Crippen LogP contribution in [0.3, 0.4) is 0 Å². The third-order valence-electron chi connectivity index (χ3n) is 3.02. The van der Waals surface area contributed by atoms with E-state index in [9.17, 15) is 5.11 Å². The van der Waals surface area contributed by atoms with Crippen molar-refractivity contribution in [3.8, 4) is 0 Å². The maximum Gasteiger partial charge on any atom is 0.191 e. The van der Waals surface area contributed by atoms with Crippen molar-refractivity contribution >= 4 is 30.9 Å². The Bertz CT molecular complexity index is 221. The first-order valence-corrected chi connectivity index (χ1v) is 9.23. The van der Waals surface area contributed by atoms with Crippen molar-refractivity contribution in [3.63, 3.8) is 0 Å². The van der Waals surface area contributed by atoms with Gasteiger partial charge >= 0.3 is 0 Å². The minimum atomic E-state index is -1.65. The van der Waals surface area contributed by atoms with Crippen LogP contribution in [-0.4, -0.2) is 26.1 Å². The van der Waals surface area contributed by atoms with E-state index in [4.69, 9.17) is 4.43 Å². The summed E-state index contributed by atoms with van der Waals surface area (Å²) < 4.78 is 6.73. The first-order valence-electron chi connectivity index (χ1n) is 5.24. The fraction of sp³-hybridized carbons (Fsp3) is 0.818. The van der Waals surface area contributed by atoms with Crippen LogP contribution in [0.2, 0.25) is 18.1 Å². The van der Waals surface area contributed by atoms with E-state index >= 15 is 0 Å². The summed E-state index contributed by atoms with van der Waals surface area (Å²) in [7, 11) is -1.65. The van der Waals surface area contributed by atoms with Gasteiger partial charge in [0.25, 0.3) is 0 Å². The molecule has 0 heterocycles. The van der Waals surface area contributed by atoms with Crippen LogP contribution in [0.4, 0.5) is 0 Å². The summed E-state index contributed by atoms with van der Waals surface area (Å²) in [6.07, 6.45) is 0.212. The van der Waals surface area contributed by atoms with Crippen molar-refractivity contribution < 1.29 is 9.53 Å². The molecule has 0 aromatic carbocycles. The van der Waals surface area contributed by atoms with Crippen molar-refractivity contribution in [1.82, 2.24) is 0 Å². The lowest BCUT2D eigenvalue weighted by Crippen LogP contribution is -2.41. The molecular formula is C11H23IO2Si. The standard InChI is InChI=1S/C11H23IO2Si/c1-9(12)10(13)7-8-14-15(5,6)11(2,3)4/h10,13H,1,7-8H2,2-6H3. The Hall–Kier alpha value is 0.607. The Kier molecular flexibility index (Phi) is 6.03. The summed E-state index contributed by atoms with van der Waals surface area (Å²) in [6.45, 7) is 15.4. The molecule has 0 radical (unpaired) electrons. The quantitative estimate of drug-likeness (QED) is 0.610. The number of aliphatic hydroxyl groups excluding tert-OH is 1. The van der Waals surface area contributed by atoms with Crippen LogP contribution in [-0.2, 0) is 4.43 Å². The molecule has 0 spiro atoms. The molecule has 0 aliphatic carbocycles. The molecule has 0 rings (SSSR count). The molecule has 15 heavy (non-hydrogen) atoms. The van der Waals surface area contributed by atoms with E-state index in [0.29, 0.717) is 13.0 Å². The monoisotopic (exact) mass is 342 g/mol. The van der Waals surface area contributed by atoms with Crippen LogP contribution >= 0.6 is 22.6 Å². The molecule has 0 saturated carbocycles. The molecule has 4 heteroatoms. The van der Waals surface area contributed by atoms with E-state index < -0.39 is 14.4 Å². The summed E-state index contributed by atoms with van der Waals surface area (Å²) in [5.74, 6) is 0. The molecule has 0 aliphatic rings. The molecule has 0 fully saturated rings. The fourth-order valence-electron chi connectivity index (χ4n) is 0.799. The summed E-state index contributed by atoms with van der Waals surface area (Å²) in [5.41, 5.74) is 0. The van der Waals surface area contributed by atoms with Crippen molar-refractivity contribution in [2.75, 3.05) is 6.61 Å². The van der Waals surface area contributed by atoms with Crippen LogP contribution in [0.25, 0.3) is 0 Å². The van der Waals surface area contributed by atoms with Gasteiger partial charge in [-0.25, -0.2) is 0 Å². The molecule has 2 nitrogen and oxygen atoms in total. The average Bonchev–Trinajstić information content (AvgIpc) is 2.01. The van der Waals surface area contributed by atoms with Gasteiger partial charge in [0.05, 0.1) is 6.10 Å². The maximum absolute atomic E-state index is 9.55. The average molecular weight is 342 g/mol. The molecule has 0 aliphatic heterocycles. The van der Waals surface area contributed by atoms with Gasteiger partial charge in [-0.1, -0.05) is 27.4 Å². The second kappa shape index (κ2) is 5.79. The SMILES string of the molecule is C=C(I)C(O)CCO[Si](C)(C)C(C)(C)C. The van der Waals surface area contributed by atoms with Crippen LogP contribution in [0, 0.1) is 0 Å². The second-order valence-corrected chi connectivity index (χ2v) is 11.6. The van der Waals surface area contributed by atoms with Gasteiger partial charge in [-0.2, -0.15) is 0 Å². The summed E-state index contributed by atoms with van der Waals surface area (Å²) in [5, 5.41) is 9.79. The van der Waals surface area contributed by atoms with Gasteiger partial charge in [-0.05, 0) is 40.7 Å². The Morgan fingerprint density at radius 2 is 1.93 bits per heavy atom. The number of hydrogen-bond donors (Lipinski definition) is 1. The van der Waals surface area contributed by atoms with Crippen LogP contribution in [0.1, 0.15) is 27.2 Å². The Labute approximate surface area is 108 Å². The van der Waals surface area contributed by atoms with Gasteiger partial charge in [0.2, 0.25) is 0 Å². The largest absolute Gasteiger partial charge is 0.417 e. The zero-order valence-corrected chi connectivity index (χ0v) is 13.6. The first kappa shape index (κ1) is 15.6. The van der Waals surface area contributed by atoms with Crippen molar-refractivity contribution in [2.24, 2.45) is 0 Å². The highest BCUT2D eigenvalue weighted by Crippen LogP contribution is 2.36. The predicted molar refractivity (Wildman–Crippen MR) is 76.9 cm³/mol.